The van der Waals surface area contributed by atoms with Crippen LogP contribution in [0.2, 0.25) is 0 Å². The van der Waals surface area contributed by atoms with E-state index in [1.807, 2.05) is 35.8 Å². The Labute approximate surface area is 166 Å². The van der Waals surface area contributed by atoms with Crippen molar-refractivity contribution in [3.8, 4) is 0 Å². The highest BCUT2D eigenvalue weighted by Gasteiger charge is 2.34. The van der Waals surface area contributed by atoms with Crippen molar-refractivity contribution in [1.29, 1.82) is 0 Å². The van der Waals surface area contributed by atoms with Crippen LogP contribution >= 0.6 is 11.8 Å². The van der Waals surface area contributed by atoms with Crippen molar-refractivity contribution in [2.24, 2.45) is 5.92 Å². The number of imidazole rings is 1. The lowest BCUT2D eigenvalue weighted by Crippen LogP contribution is -2.29. The molecule has 1 aromatic heterocycles. The third-order valence-corrected chi connectivity index (χ3v) is 8.23. The second-order valence-corrected chi connectivity index (χ2v) is 9.91. The van der Waals surface area contributed by atoms with E-state index in [1.165, 1.54) is 4.31 Å². The molecule has 9 heteroatoms. The van der Waals surface area contributed by atoms with Crippen molar-refractivity contribution in [1.82, 2.24) is 9.55 Å². The Morgan fingerprint density at radius 2 is 2.00 bits per heavy atom. The van der Waals surface area contributed by atoms with Crippen LogP contribution < -0.4 is 9.62 Å². The highest BCUT2D eigenvalue weighted by atomic mass is 32.2. The topological polar surface area (TPSA) is 84.3 Å². The maximum Gasteiger partial charge on any atom is 0.266 e. The summed E-state index contributed by atoms with van der Waals surface area (Å²) in [4.78, 5) is 17.7. The van der Waals surface area contributed by atoms with Gasteiger partial charge < -0.3 is 9.88 Å². The Morgan fingerprint density at radius 3 is 2.86 bits per heavy atom. The summed E-state index contributed by atoms with van der Waals surface area (Å²) in [6.45, 7) is 2.76. The zero-order valence-electron chi connectivity index (χ0n) is 15.1. The van der Waals surface area contributed by atoms with Crippen LogP contribution in [0.1, 0.15) is 6.92 Å². The SMILES string of the molecule is CC1CSc2ccc(S(=O)(=O)N3CCn4c3nc3ccccc34)cc2NC1=O. The summed E-state index contributed by atoms with van der Waals surface area (Å²) in [6.07, 6.45) is 0. The van der Waals surface area contributed by atoms with Gasteiger partial charge in [-0.1, -0.05) is 19.1 Å². The highest BCUT2D eigenvalue weighted by molar-refractivity contribution is 7.99. The minimum Gasteiger partial charge on any atom is -0.325 e. The summed E-state index contributed by atoms with van der Waals surface area (Å²) in [7, 11) is -3.79. The Kier molecular flexibility index (Phi) is 3.92. The summed E-state index contributed by atoms with van der Waals surface area (Å²) in [5.74, 6) is 0.879. The maximum atomic E-state index is 13.3. The lowest BCUT2D eigenvalue weighted by molar-refractivity contribution is -0.118. The predicted octanol–water partition coefficient (Wildman–Crippen LogP) is 2.93. The molecule has 1 amide bonds. The molecule has 0 bridgehead atoms. The van der Waals surface area contributed by atoms with Gasteiger partial charge in [0, 0.05) is 23.1 Å². The van der Waals surface area contributed by atoms with Gasteiger partial charge in [0.15, 0.2) is 0 Å². The largest absolute Gasteiger partial charge is 0.325 e. The van der Waals surface area contributed by atoms with Crippen molar-refractivity contribution >= 4 is 50.4 Å². The number of benzene rings is 2. The molecule has 3 aromatic rings. The number of rotatable bonds is 2. The van der Waals surface area contributed by atoms with Crippen molar-refractivity contribution in [3.05, 3.63) is 42.5 Å². The molecule has 0 saturated heterocycles. The van der Waals surface area contributed by atoms with Gasteiger partial charge in [-0.2, -0.15) is 0 Å². The third kappa shape index (κ3) is 2.61. The highest BCUT2D eigenvalue weighted by Crippen LogP contribution is 2.36. The molecule has 0 aliphatic carbocycles. The van der Waals surface area contributed by atoms with Gasteiger partial charge in [-0.3, -0.25) is 4.79 Å². The first kappa shape index (κ1) is 17.6. The van der Waals surface area contributed by atoms with Crippen LogP contribution in [0.4, 0.5) is 11.6 Å². The predicted molar refractivity (Wildman–Crippen MR) is 109 cm³/mol. The quantitative estimate of drug-likeness (QED) is 0.697. The molecule has 144 valence electrons. The van der Waals surface area contributed by atoms with Crippen LogP contribution in [0.5, 0.6) is 0 Å². The van der Waals surface area contributed by atoms with Gasteiger partial charge in [-0.05, 0) is 30.3 Å². The number of aromatic nitrogens is 2. The number of nitrogens with zero attached hydrogens (tertiary/aromatic N) is 3. The molecule has 28 heavy (non-hydrogen) atoms. The number of carbonyl (C=O) groups is 1. The Morgan fingerprint density at radius 1 is 1.18 bits per heavy atom. The molecule has 5 rings (SSSR count). The van der Waals surface area contributed by atoms with Crippen LogP contribution in [0.25, 0.3) is 11.0 Å². The second kappa shape index (κ2) is 6.25. The Bertz CT molecular complexity index is 1220. The van der Waals surface area contributed by atoms with E-state index < -0.39 is 10.0 Å². The fourth-order valence-electron chi connectivity index (χ4n) is 3.56. The number of thioether (sulfide) groups is 1. The molecule has 1 unspecified atom stereocenters. The van der Waals surface area contributed by atoms with E-state index in [0.717, 1.165) is 15.9 Å². The zero-order chi connectivity index (χ0) is 19.5. The van der Waals surface area contributed by atoms with Crippen LogP contribution in [0.15, 0.2) is 52.3 Å². The standard InChI is InChI=1S/C19H18N4O3S2/c1-12-11-27-17-7-6-13(10-15(17)20-18(12)24)28(25,26)23-9-8-22-16-5-3-2-4-14(16)21-19(22)23/h2-7,10,12H,8-9,11H2,1H3,(H,20,24). The van der Waals surface area contributed by atoms with Crippen LogP contribution in [0.3, 0.4) is 0 Å². The normalized spacial score (nSPS) is 19.2. The number of amides is 1. The molecular formula is C19H18N4O3S2. The van der Waals surface area contributed by atoms with Crippen LogP contribution in [-0.2, 0) is 21.4 Å². The number of nitrogens with one attached hydrogen (secondary N) is 1. The summed E-state index contributed by atoms with van der Waals surface area (Å²) in [6, 6.07) is 12.6. The van der Waals surface area contributed by atoms with E-state index in [-0.39, 0.29) is 16.7 Å². The van der Waals surface area contributed by atoms with Crippen molar-refractivity contribution in [2.75, 3.05) is 21.9 Å². The van der Waals surface area contributed by atoms with E-state index in [9.17, 15) is 13.2 Å². The number of hydrogen-bond donors (Lipinski definition) is 1. The first-order valence-electron chi connectivity index (χ1n) is 9.01. The Balaban J connectivity index is 1.56. The first-order chi connectivity index (χ1) is 13.4. The van der Waals surface area contributed by atoms with E-state index in [2.05, 4.69) is 10.3 Å². The van der Waals surface area contributed by atoms with Gasteiger partial charge in [-0.15, -0.1) is 11.8 Å². The van der Waals surface area contributed by atoms with Gasteiger partial charge in [-0.25, -0.2) is 17.7 Å². The fraction of sp³-hybridized carbons (Fsp3) is 0.263. The summed E-state index contributed by atoms with van der Waals surface area (Å²) in [5.41, 5.74) is 2.25. The van der Waals surface area contributed by atoms with E-state index in [4.69, 9.17) is 0 Å². The molecule has 7 nitrogen and oxygen atoms in total. The number of sulfonamides is 1. The zero-order valence-corrected chi connectivity index (χ0v) is 16.8. The van der Waals surface area contributed by atoms with Gasteiger partial charge in [0.05, 0.1) is 28.2 Å². The van der Waals surface area contributed by atoms with Gasteiger partial charge in [0.1, 0.15) is 0 Å². The lowest BCUT2D eigenvalue weighted by atomic mass is 10.2. The van der Waals surface area contributed by atoms with Crippen molar-refractivity contribution in [3.63, 3.8) is 0 Å². The summed E-state index contributed by atoms with van der Waals surface area (Å²) < 4.78 is 30.0. The van der Waals surface area contributed by atoms with E-state index in [0.29, 0.717) is 30.5 Å². The molecule has 3 heterocycles. The fourth-order valence-corrected chi connectivity index (χ4v) is 6.01. The molecule has 0 radical (unpaired) electrons. The van der Waals surface area contributed by atoms with Crippen molar-refractivity contribution in [2.45, 2.75) is 23.3 Å². The van der Waals surface area contributed by atoms with Gasteiger partial charge >= 0.3 is 0 Å². The van der Waals surface area contributed by atoms with Crippen LogP contribution in [-0.4, -0.2) is 36.2 Å². The number of carbonyl (C=O) groups excluding carboxylic acids is 1. The summed E-state index contributed by atoms with van der Waals surface area (Å²) in [5, 5.41) is 2.85. The van der Waals surface area contributed by atoms with Crippen LogP contribution in [0, 0.1) is 5.92 Å². The maximum absolute atomic E-state index is 13.3. The molecular weight excluding hydrogens is 396 g/mol. The Hall–Kier alpha value is -2.52. The minimum atomic E-state index is -3.79. The van der Waals surface area contributed by atoms with Gasteiger partial charge in [0.2, 0.25) is 11.9 Å². The average Bonchev–Trinajstić information content (AvgIpc) is 3.21. The van der Waals surface area contributed by atoms with Crippen molar-refractivity contribution < 1.29 is 13.2 Å². The first-order valence-corrected chi connectivity index (χ1v) is 11.4. The number of para-hydroxylation sites is 2. The third-order valence-electron chi connectivity index (χ3n) is 5.12. The molecule has 1 atom stereocenters. The molecule has 2 aromatic carbocycles. The second-order valence-electron chi connectivity index (χ2n) is 6.99. The molecule has 2 aliphatic heterocycles. The molecule has 0 saturated carbocycles. The monoisotopic (exact) mass is 414 g/mol. The number of fused-ring (bicyclic) bond motifs is 4. The van der Waals surface area contributed by atoms with E-state index >= 15 is 0 Å². The minimum absolute atomic E-state index is 0.0937. The van der Waals surface area contributed by atoms with Gasteiger partial charge in [0.25, 0.3) is 10.0 Å². The van der Waals surface area contributed by atoms with E-state index in [1.54, 1.807) is 30.0 Å². The number of anilines is 2. The summed E-state index contributed by atoms with van der Waals surface area (Å²) >= 11 is 1.56. The lowest BCUT2D eigenvalue weighted by Gasteiger charge is -2.17. The molecule has 2 aliphatic rings. The average molecular weight is 415 g/mol. The molecule has 1 N–H and O–H groups in total. The molecule has 0 fully saturated rings. The number of hydrogen-bond acceptors (Lipinski definition) is 5. The smallest absolute Gasteiger partial charge is 0.266 e. The molecule has 0 spiro atoms.